The molecule has 5 heteroatoms. The van der Waals surface area contributed by atoms with E-state index in [-0.39, 0.29) is 5.75 Å². The van der Waals surface area contributed by atoms with Crippen molar-refractivity contribution >= 4 is 0 Å². The maximum absolute atomic E-state index is 9.41. The summed E-state index contributed by atoms with van der Waals surface area (Å²) < 4.78 is 5.20. The lowest BCUT2D eigenvalue weighted by Gasteiger charge is -2.05. The first kappa shape index (κ1) is 13.5. The Bertz CT molecular complexity index is 523. The van der Waals surface area contributed by atoms with Gasteiger partial charge in [-0.15, -0.1) is 0 Å². The van der Waals surface area contributed by atoms with E-state index in [1.807, 2.05) is 6.07 Å². The van der Waals surface area contributed by atoms with E-state index in [1.165, 1.54) is 0 Å². The lowest BCUT2D eigenvalue weighted by molar-refractivity contribution is 0.374. The number of hydrogen-bond acceptors (Lipinski definition) is 5. The Morgan fingerprint density at radius 2 is 2.21 bits per heavy atom. The molecule has 0 aliphatic rings. The molecule has 1 heterocycles. The third-order valence-corrected chi connectivity index (χ3v) is 2.69. The van der Waals surface area contributed by atoms with Gasteiger partial charge in [-0.05, 0) is 25.1 Å². The second kappa shape index (κ2) is 6.33. The summed E-state index contributed by atoms with van der Waals surface area (Å²) >= 11 is 0. The van der Waals surface area contributed by atoms with Crippen LogP contribution in [0.1, 0.15) is 26.2 Å². The fourth-order valence-corrected chi connectivity index (χ4v) is 1.75. The van der Waals surface area contributed by atoms with Crippen LogP contribution in [0.4, 0.5) is 0 Å². The Morgan fingerprint density at radius 3 is 2.95 bits per heavy atom. The Hall–Kier alpha value is -1.88. The molecule has 0 spiro atoms. The Kier molecular flexibility index (Phi) is 4.52. The van der Waals surface area contributed by atoms with Crippen molar-refractivity contribution in [3.05, 3.63) is 30.2 Å². The molecule has 5 nitrogen and oxygen atoms in total. The second-order valence-corrected chi connectivity index (χ2v) is 4.77. The highest BCUT2D eigenvalue weighted by Crippen LogP contribution is 2.20. The summed E-state index contributed by atoms with van der Waals surface area (Å²) in [7, 11) is 0. The maximum Gasteiger partial charge on any atom is 0.227 e. The number of phenols is 1. The smallest absolute Gasteiger partial charge is 0.227 e. The third-order valence-electron chi connectivity index (χ3n) is 2.69. The van der Waals surface area contributed by atoms with Crippen molar-refractivity contribution in [2.75, 3.05) is 6.54 Å². The zero-order valence-corrected chi connectivity index (χ0v) is 11.3. The first-order valence-corrected chi connectivity index (χ1v) is 6.50. The van der Waals surface area contributed by atoms with E-state index in [4.69, 9.17) is 4.52 Å². The third kappa shape index (κ3) is 4.06. The SMILES string of the molecule is CC(C)NCCCc1nc(-c2cccc(O)c2)no1. The molecule has 1 aromatic heterocycles. The highest BCUT2D eigenvalue weighted by Gasteiger charge is 2.08. The standard InChI is InChI=1S/C14H19N3O2/c1-10(2)15-8-4-7-13-16-14(17-19-13)11-5-3-6-12(18)9-11/h3,5-6,9-10,15,18H,4,7-8H2,1-2H3. The van der Waals surface area contributed by atoms with Crippen molar-refractivity contribution < 1.29 is 9.63 Å². The molecule has 0 aliphatic heterocycles. The fraction of sp³-hybridized carbons (Fsp3) is 0.429. The predicted molar refractivity (Wildman–Crippen MR) is 72.9 cm³/mol. The Labute approximate surface area is 112 Å². The molecule has 19 heavy (non-hydrogen) atoms. The van der Waals surface area contributed by atoms with Crippen LogP contribution in [0.15, 0.2) is 28.8 Å². The predicted octanol–water partition coefficient (Wildman–Crippen LogP) is 2.37. The molecule has 0 fully saturated rings. The molecule has 0 aliphatic carbocycles. The average molecular weight is 261 g/mol. The number of hydrogen-bond donors (Lipinski definition) is 2. The van der Waals surface area contributed by atoms with Crippen LogP contribution < -0.4 is 5.32 Å². The molecule has 0 atom stereocenters. The van der Waals surface area contributed by atoms with Crippen LogP contribution in [0.25, 0.3) is 11.4 Å². The summed E-state index contributed by atoms with van der Waals surface area (Å²) in [5, 5.41) is 16.7. The van der Waals surface area contributed by atoms with E-state index in [1.54, 1.807) is 18.2 Å². The van der Waals surface area contributed by atoms with Gasteiger partial charge in [-0.25, -0.2) is 0 Å². The molecule has 102 valence electrons. The van der Waals surface area contributed by atoms with Crippen molar-refractivity contribution in [1.82, 2.24) is 15.5 Å². The van der Waals surface area contributed by atoms with Crippen molar-refractivity contribution in [3.63, 3.8) is 0 Å². The van der Waals surface area contributed by atoms with Gasteiger partial charge in [0.2, 0.25) is 11.7 Å². The molecule has 0 unspecified atom stereocenters. The van der Waals surface area contributed by atoms with E-state index in [2.05, 4.69) is 29.3 Å². The fourth-order valence-electron chi connectivity index (χ4n) is 1.75. The number of rotatable bonds is 6. The van der Waals surface area contributed by atoms with Crippen LogP contribution in [-0.4, -0.2) is 27.8 Å². The van der Waals surface area contributed by atoms with Gasteiger partial charge in [-0.2, -0.15) is 4.98 Å². The Balaban J connectivity index is 1.92. The Morgan fingerprint density at radius 1 is 1.37 bits per heavy atom. The number of nitrogens with one attached hydrogen (secondary N) is 1. The van der Waals surface area contributed by atoms with Crippen molar-refractivity contribution in [1.29, 1.82) is 0 Å². The van der Waals surface area contributed by atoms with Crippen LogP contribution >= 0.6 is 0 Å². The number of benzene rings is 1. The molecule has 2 N–H and O–H groups in total. The minimum Gasteiger partial charge on any atom is -0.508 e. The molecule has 0 saturated heterocycles. The van der Waals surface area contributed by atoms with Crippen molar-refractivity contribution in [2.45, 2.75) is 32.7 Å². The molecular weight excluding hydrogens is 242 g/mol. The molecule has 2 rings (SSSR count). The van der Waals surface area contributed by atoms with Crippen LogP contribution in [0.3, 0.4) is 0 Å². The number of aryl methyl sites for hydroxylation is 1. The van der Waals surface area contributed by atoms with Gasteiger partial charge >= 0.3 is 0 Å². The van der Waals surface area contributed by atoms with E-state index in [0.717, 1.165) is 24.9 Å². The lowest BCUT2D eigenvalue weighted by atomic mass is 10.2. The summed E-state index contributed by atoms with van der Waals surface area (Å²) in [6.45, 7) is 5.17. The zero-order chi connectivity index (χ0) is 13.7. The maximum atomic E-state index is 9.41. The lowest BCUT2D eigenvalue weighted by Crippen LogP contribution is -2.23. The van der Waals surface area contributed by atoms with Crippen molar-refractivity contribution in [3.8, 4) is 17.1 Å². The quantitative estimate of drug-likeness (QED) is 0.781. The van der Waals surface area contributed by atoms with Gasteiger partial charge in [0.15, 0.2) is 0 Å². The molecule has 0 amide bonds. The number of aromatic hydroxyl groups is 1. The summed E-state index contributed by atoms with van der Waals surface area (Å²) in [6, 6.07) is 7.32. The van der Waals surface area contributed by atoms with Crippen LogP contribution in [0, 0.1) is 0 Å². The number of aromatic nitrogens is 2. The first-order chi connectivity index (χ1) is 9.15. The zero-order valence-electron chi connectivity index (χ0n) is 11.3. The summed E-state index contributed by atoms with van der Waals surface area (Å²) in [5.41, 5.74) is 0.760. The molecule has 0 bridgehead atoms. The van der Waals surface area contributed by atoms with Crippen molar-refractivity contribution in [2.24, 2.45) is 0 Å². The number of phenolic OH excluding ortho intramolecular Hbond substituents is 1. The van der Waals surface area contributed by atoms with Crippen LogP contribution in [0.5, 0.6) is 5.75 Å². The first-order valence-electron chi connectivity index (χ1n) is 6.50. The molecule has 0 saturated carbocycles. The highest BCUT2D eigenvalue weighted by atomic mass is 16.5. The van der Waals surface area contributed by atoms with E-state index >= 15 is 0 Å². The molecule has 0 radical (unpaired) electrons. The summed E-state index contributed by atoms with van der Waals surface area (Å²) in [5.74, 6) is 1.34. The highest BCUT2D eigenvalue weighted by molar-refractivity contribution is 5.56. The molecular formula is C14H19N3O2. The summed E-state index contributed by atoms with van der Waals surface area (Å²) in [4.78, 5) is 4.32. The van der Waals surface area contributed by atoms with Gasteiger partial charge in [0.1, 0.15) is 5.75 Å². The van der Waals surface area contributed by atoms with Crippen LogP contribution in [-0.2, 0) is 6.42 Å². The normalized spacial score (nSPS) is 11.1. The van der Waals surface area contributed by atoms with Crippen LogP contribution in [0.2, 0.25) is 0 Å². The van der Waals surface area contributed by atoms with Gasteiger partial charge in [0.25, 0.3) is 0 Å². The minimum absolute atomic E-state index is 0.199. The van der Waals surface area contributed by atoms with Gasteiger partial charge in [0.05, 0.1) is 0 Å². The minimum atomic E-state index is 0.199. The molecule has 1 aromatic carbocycles. The van der Waals surface area contributed by atoms with E-state index in [9.17, 15) is 5.11 Å². The average Bonchev–Trinajstić information content (AvgIpc) is 2.83. The van der Waals surface area contributed by atoms with Gasteiger partial charge in [-0.3, -0.25) is 0 Å². The topological polar surface area (TPSA) is 71.2 Å². The monoisotopic (exact) mass is 261 g/mol. The van der Waals surface area contributed by atoms with Gasteiger partial charge < -0.3 is 14.9 Å². The number of nitrogens with zero attached hydrogens (tertiary/aromatic N) is 2. The van der Waals surface area contributed by atoms with Gasteiger partial charge in [0, 0.05) is 18.0 Å². The van der Waals surface area contributed by atoms with E-state index in [0.29, 0.717) is 17.8 Å². The van der Waals surface area contributed by atoms with Gasteiger partial charge in [-0.1, -0.05) is 31.1 Å². The largest absolute Gasteiger partial charge is 0.508 e. The second-order valence-electron chi connectivity index (χ2n) is 4.77. The molecule has 2 aromatic rings. The van der Waals surface area contributed by atoms with E-state index < -0.39 is 0 Å². The summed E-state index contributed by atoms with van der Waals surface area (Å²) in [6.07, 6.45) is 1.71.